The van der Waals surface area contributed by atoms with Crippen LogP contribution in [-0.2, 0) is 49.2 Å². The fourth-order valence-corrected chi connectivity index (χ4v) is 10.6. The molecule has 0 bridgehead atoms. The van der Waals surface area contributed by atoms with Gasteiger partial charge in [-0.25, -0.2) is 19.2 Å². The van der Waals surface area contributed by atoms with Gasteiger partial charge in [-0.3, -0.25) is 19.7 Å². The van der Waals surface area contributed by atoms with Crippen LogP contribution in [0.1, 0.15) is 143 Å². The molecule has 0 spiro atoms. The predicted octanol–water partition coefficient (Wildman–Crippen LogP) is 12.5. The normalized spacial score (nSPS) is 13.4. The number of hydrogen-bond donors (Lipinski definition) is 6. The van der Waals surface area contributed by atoms with Crippen LogP contribution >= 0.6 is 0 Å². The summed E-state index contributed by atoms with van der Waals surface area (Å²) in [4.78, 5) is 87.6. The van der Waals surface area contributed by atoms with E-state index >= 15 is 0 Å². The summed E-state index contributed by atoms with van der Waals surface area (Å²) < 4.78 is 27.7. The van der Waals surface area contributed by atoms with Gasteiger partial charge in [0.2, 0.25) is 11.8 Å². The molecule has 0 radical (unpaired) electrons. The van der Waals surface area contributed by atoms with Crippen LogP contribution in [0.2, 0.25) is 0 Å². The Balaban J connectivity index is 0.000000284. The summed E-state index contributed by atoms with van der Waals surface area (Å²) >= 11 is 0. The van der Waals surface area contributed by atoms with Crippen LogP contribution in [0.25, 0.3) is 0 Å². The van der Waals surface area contributed by atoms with E-state index in [1.165, 1.54) is 24.3 Å². The second-order valence-corrected chi connectivity index (χ2v) is 27.4. The minimum atomic E-state index is -1.21. The van der Waals surface area contributed by atoms with Gasteiger partial charge in [-0.2, -0.15) is 10.5 Å². The first kappa shape index (κ1) is 79.9. The number of nitro benzene ring substituents is 1. The van der Waals surface area contributed by atoms with Crippen LogP contribution in [-0.4, -0.2) is 99.6 Å². The lowest BCUT2D eigenvalue weighted by atomic mass is 9.77. The second-order valence-electron chi connectivity index (χ2n) is 27.4. The fourth-order valence-electron chi connectivity index (χ4n) is 10.6. The van der Waals surface area contributed by atoms with E-state index < -0.39 is 105 Å². The molecule has 7 rings (SSSR count). The number of esters is 2. The van der Waals surface area contributed by atoms with Crippen LogP contribution in [0.3, 0.4) is 0 Å². The number of carbonyl (C=O) groups is 6. The van der Waals surface area contributed by atoms with Gasteiger partial charge in [0, 0.05) is 12.1 Å². The number of urea groups is 1. The van der Waals surface area contributed by atoms with Gasteiger partial charge < -0.3 is 56.0 Å². The molecule has 6 atom stereocenters. The van der Waals surface area contributed by atoms with Gasteiger partial charge in [0.1, 0.15) is 40.1 Å². The number of nitro groups is 1. The number of non-ortho nitro benzene ring substituents is 1. The van der Waals surface area contributed by atoms with Crippen molar-refractivity contribution >= 4 is 41.6 Å². The average molecular weight is 1360 g/mol. The fraction of sp³-hybridized carbons (Fsp3) is 0.359. The Morgan fingerprint density at radius 3 is 1.04 bits per heavy atom. The number of nitrogens with two attached hydrogens (primary N) is 1. The molecule has 5 amide bonds. The van der Waals surface area contributed by atoms with Crippen molar-refractivity contribution in [2.24, 2.45) is 5.73 Å². The lowest BCUT2D eigenvalue weighted by Crippen LogP contribution is -2.56. The first-order chi connectivity index (χ1) is 47.0. The molecule has 0 aliphatic heterocycles. The Morgan fingerprint density at radius 2 is 0.760 bits per heavy atom. The van der Waals surface area contributed by atoms with Crippen molar-refractivity contribution in [1.29, 1.82) is 10.5 Å². The molecule has 0 heterocycles. The number of amides is 5. The first-order valence-corrected chi connectivity index (χ1v) is 32.6. The van der Waals surface area contributed by atoms with Crippen LogP contribution in [0.4, 0.5) is 15.3 Å². The van der Waals surface area contributed by atoms with E-state index in [-0.39, 0.29) is 30.2 Å². The van der Waals surface area contributed by atoms with Gasteiger partial charge in [-0.15, -0.1) is 0 Å². The van der Waals surface area contributed by atoms with E-state index in [9.17, 15) is 44.1 Å². The largest absolute Gasteiger partial charge is 0.458 e. The number of ether oxygens (including phenoxy) is 5. The monoisotopic (exact) mass is 1360 g/mol. The van der Waals surface area contributed by atoms with Crippen molar-refractivity contribution in [3.8, 4) is 17.9 Å². The molecule has 528 valence electrons. The van der Waals surface area contributed by atoms with Crippen molar-refractivity contribution in [2.75, 3.05) is 0 Å². The maximum absolute atomic E-state index is 13.8. The third-order valence-corrected chi connectivity index (χ3v) is 14.5. The van der Waals surface area contributed by atoms with Gasteiger partial charge in [0.25, 0.3) is 5.69 Å². The zero-order chi connectivity index (χ0) is 74.1. The molecule has 7 aromatic carbocycles. The van der Waals surface area contributed by atoms with E-state index in [0.29, 0.717) is 0 Å². The predicted molar refractivity (Wildman–Crippen MR) is 381 cm³/mol. The zero-order valence-electron chi connectivity index (χ0n) is 59.2. The summed E-state index contributed by atoms with van der Waals surface area (Å²) in [5, 5.41) is 43.5. The number of nitrogens with one attached hydrogen (secondary N) is 5. The number of hydrogen-bond acceptors (Lipinski definition) is 16. The second kappa shape index (κ2) is 36.2. The van der Waals surface area contributed by atoms with E-state index in [0.717, 1.165) is 33.4 Å². The number of nitrogens with zero attached hydrogens (tertiary/aromatic N) is 3. The topological polar surface area (TPSA) is 325 Å². The van der Waals surface area contributed by atoms with E-state index in [1.807, 2.05) is 236 Å². The summed E-state index contributed by atoms with van der Waals surface area (Å²) in [6.07, 6.45) is -2.76. The number of nitriles is 2. The van der Waals surface area contributed by atoms with Gasteiger partial charge in [0.15, 0.2) is 12.1 Å². The van der Waals surface area contributed by atoms with E-state index in [2.05, 4.69) is 26.6 Å². The Bertz CT molecular complexity index is 3670. The molecule has 2 unspecified atom stereocenters. The van der Waals surface area contributed by atoms with Crippen molar-refractivity contribution in [3.63, 3.8) is 0 Å². The third kappa shape index (κ3) is 24.9. The molecule has 0 fully saturated rings. The summed E-state index contributed by atoms with van der Waals surface area (Å²) in [7, 11) is 0. The standard InChI is InChI=1S/C36H44N4O5.C23H21N3O.C19H28N2O7/c1-25(44-34(2,3)4)31(32(42)45-35(5,6)7)39-33(43)38-29(24-37)23-30(41)40-36(26-17-11-8-12-18-26,27-19-13-9-14-20-27)28-21-15-10-16-22-28;24-17-21(25)16-22(27)26-23(18-10-4-1-5-11-18,19-12-6-2-7-13-19)20-14-8-3-9-15-20;1-12(27-18(2,3)4)15(16(22)28-19(5,6)7)20-17(23)26-14-10-8-13(9-11-14)21(24)25/h8-22,25,29,31H,23H2,1-7H3,(H,40,41)(H2,38,39,43);1-15,21H,16,25H2,(H,26,27);8-12,15H,1-7H3,(H,20,23)/t25?,29-,31-;21-;12?,15-/m000/s1. The van der Waals surface area contributed by atoms with Crippen molar-refractivity contribution in [3.05, 3.63) is 250 Å². The molecule has 0 aliphatic carbocycles. The summed E-state index contributed by atoms with van der Waals surface area (Å²) in [5.74, 6) is -1.99. The Kier molecular flexibility index (Phi) is 28.9. The minimum Gasteiger partial charge on any atom is -0.458 e. The highest BCUT2D eigenvalue weighted by Crippen LogP contribution is 2.39. The SMILES string of the molecule is CC(OC(C)(C)C)[C@H](NC(=O)N[C@H](C#N)CC(=O)NC(c1ccccc1)(c1ccccc1)c1ccccc1)C(=O)OC(C)(C)C.CC(OC(C)(C)C)[C@H](NC(=O)Oc1ccc([N+](=O)[O-])cc1)C(=O)OC(C)(C)C.N#C[C@@H](N)CC(=O)NC(c1ccccc1)(c1ccccc1)c1ccccc1. The van der Waals surface area contributed by atoms with Gasteiger partial charge >= 0.3 is 24.1 Å². The quantitative estimate of drug-likeness (QED) is 0.0150. The lowest BCUT2D eigenvalue weighted by Gasteiger charge is -2.37. The molecular formula is C78H93N9O13. The maximum Gasteiger partial charge on any atom is 0.413 e. The zero-order valence-corrected chi connectivity index (χ0v) is 59.2. The number of carbonyl (C=O) groups excluding carboxylic acids is 6. The Hall–Kier alpha value is -10.8. The molecule has 7 N–H and O–H groups in total. The van der Waals surface area contributed by atoms with E-state index in [1.54, 1.807) is 55.4 Å². The van der Waals surface area contributed by atoms with Gasteiger partial charge in [0.05, 0.1) is 53.3 Å². The molecule has 100 heavy (non-hydrogen) atoms. The highest BCUT2D eigenvalue weighted by Gasteiger charge is 2.41. The molecule has 0 aromatic heterocycles. The number of benzene rings is 7. The van der Waals surface area contributed by atoms with Crippen LogP contribution in [0, 0.1) is 32.8 Å². The Labute approximate surface area is 586 Å². The van der Waals surface area contributed by atoms with Crippen LogP contribution in [0.15, 0.2) is 206 Å². The molecular weight excluding hydrogens is 1270 g/mol. The molecule has 0 saturated heterocycles. The van der Waals surface area contributed by atoms with E-state index in [4.69, 9.17) is 34.7 Å². The average Bonchev–Trinajstić information content (AvgIpc) is 0.761. The maximum atomic E-state index is 13.8. The lowest BCUT2D eigenvalue weighted by molar-refractivity contribution is -0.384. The summed E-state index contributed by atoms with van der Waals surface area (Å²) in [5.41, 5.74) is 6.15. The van der Waals surface area contributed by atoms with Crippen LogP contribution < -0.4 is 37.1 Å². The highest BCUT2D eigenvalue weighted by atomic mass is 16.6. The molecule has 7 aromatic rings. The molecule has 22 nitrogen and oxygen atoms in total. The van der Waals surface area contributed by atoms with Crippen molar-refractivity contribution in [1.82, 2.24) is 26.6 Å². The van der Waals surface area contributed by atoms with Crippen molar-refractivity contribution < 1.29 is 57.4 Å². The minimum absolute atomic E-state index is 0.0647. The summed E-state index contributed by atoms with van der Waals surface area (Å²) in [6.45, 7) is 24.6. The van der Waals surface area contributed by atoms with Gasteiger partial charge in [-0.05, 0) is 142 Å². The molecule has 0 aliphatic rings. The highest BCUT2D eigenvalue weighted by molar-refractivity contribution is 5.86. The summed E-state index contributed by atoms with van der Waals surface area (Å²) in [6, 6.07) is 61.9. The smallest absolute Gasteiger partial charge is 0.413 e. The first-order valence-electron chi connectivity index (χ1n) is 32.6. The number of rotatable bonds is 23. The molecule has 22 heteroatoms. The van der Waals surface area contributed by atoms with Gasteiger partial charge in [-0.1, -0.05) is 182 Å². The third-order valence-electron chi connectivity index (χ3n) is 14.5. The van der Waals surface area contributed by atoms with Crippen LogP contribution in [0.5, 0.6) is 5.75 Å². The van der Waals surface area contributed by atoms with Crippen molar-refractivity contribution in [2.45, 2.75) is 180 Å². The Morgan fingerprint density at radius 1 is 0.450 bits per heavy atom. The molecule has 0 saturated carbocycles.